The Morgan fingerprint density at radius 1 is 1.19 bits per heavy atom. The Bertz CT molecular complexity index is 309. The fraction of sp³-hybridized carbons (Fsp3) is 0.867. The first-order valence-corrected chi connectivity index (χ1v) is 7.76. The average Bonchev–Trinajstić information content (AvgIpc) is 2.40. The van der Waals surface area contributed by atoms with Gasteiger partial charge in [-0.05, 0) is 52.7 Å². The van der Waals surface area contributed by atoms with Crippen LogP contribution in [0.1, 0.15) is 46.0 Å². The molecule has 0 aliphatic rings. The minimum Gasteiger partial charge on any atom is -0.481 e. The lowest BCUT2D eigenvalue weighted by molar-refractivity contribution is -0.137. The Labute approximate surface area is 128 Å². The number of urea groups is 1. The number of rotatable bonds is 11. The predicted octanol–water partition coefficient (Wildman–Crippen LogP) is 1.91. The molecule has 0 aliphatic heterocycles. The molecule has 2 unspecified atom stereocenters. The molecular weight excluding hydrogens is 270 g/mol. The van der Waals surface area contributed by atoms with Crippen molar-refractivity contribution in [3.8, 4) is 0 Å². The van der Waals surface area contributed by atoms with E-state index in [1.807, 2.05) is 21.0 Å². The van der Waals surface area contributed by atoms with Crippen molar-refractivity contribution in [2.45, 2.75) is 52.0 Å². The van der Waals surface area contributed by atoms with E-state index in [-0.39, 0.29) is 18.5 Å². The van der Waals surface area contributed by atoms with Crippen molar-refractivity contribution in [1.29, 1.82) is 0 Å². The maximum atomic E-state index is 11.7. The van der Waals surface area contributed by atoms with Crippen molar-refractivity contribution in [2.24, 2.45) is 5.92 Å². The van der Waals surface area contributed by atoms with Crippen molar-refractivity contribution in [3.05, 3.63) is 0 Å². The van der Waals surface area contributed by atoms with Crippen LogP contribution in [0.2, 0.25) is 0 Å². The molecule has 0 aliphatic carbocycles. The minimum atomic E-state index is -0.756. The SMILES string of the molecule is CCC(CCNC(=O)NC(C)CCN(C)C)CCC(=O)O. The summed E-state index contributed by atoms with van der Waals surface area (Å²) in [6, 6.07) is -0.00396. The van der Waals surface area contributed by atoms with Gasteiger partial charge in [0.2, 0.25) is 0 Å². The van der Waals surface area contributed by atoms with E-state index >= 15 is 0 Å². The van der Waals surface area contributed by atoms with E-state index in [0.29, 0.717) is 18.9 Å². The lowest BCUT2D eigenvalue weighted by Gasteiger charge is -2.18. The number of nitrogens with one attached hydrogen (secondary N) is 2. The first kappa shape index (κ1) is 19.7. The van der Waals surface area contributed by atoms with Gasteiger partial charge in [-0.25, -0.2) is 4.79 Å². The number of carboxylic acid groups (broad SMARTS) is 1. The summed E-state index contributed by atoms with van der Waals surface area (Å²) in [5.74, 6) is -0.401. The van der Waals surface area contributed by atoms with Crippen molar-refractivity contribution in [3.63, 3.8) is 0 Å². The van der Waals surface area contributed by atoms with E-state index in [0.717, 1.165) is 25.8 Å². The topological polar surface area (TPSA) is 81.7 Å². The predicted molar refractivity (Wildman–Crippen MR) is 84.4 cm³/mol. The van der Waals surface area contributed by atoms with Crippen molar-refractivity contribution >= 4 is 12.0 Å². The van der Waals surface area contributed by atoms with E-state index in [2.05, 4.69) is 22.5 Å². The molecule has 0 aromatic rings. The maximum absolute atomic E-state index is 11.7. The zero-order valence-electron chi connectivity index (χ0n) is 13.8. The zero-order chi connectivity index (χ0) is 16.3. The van der Waals surface area contributed by atoms with E-state index in [4.69, 9.17) is 5.11 Å². The van der Waals surface area contributed by atoms with Gasteiger partial charge in [0.15, 0.2) is 0 Å². The highest BCUT2D eigenvalue weighted by atomic mass is 16.4. The van der Waals surface area contributed by atoms with Crippen LogP contribution in [0.25, 0.3) is 0 Å². The molecular formula is C15H31N3O3. The summed E-state index contributed by atoms with van der Waals surface area (Å²) in [4.78, 5) is 24.3. The fourth-order valence-electron chi connectivity index (χ4n) is 2.07. The van der Waals surface area contributed by atoms with Crippen LogP contribution in [-0.4, -0.2) is 55.2 Å². The second kappa shape index (κ2) is 11.4. The molecule has 0 aromatic carbocycles. The van der Waals surface area contributed by atoms with Gasteiger partial charge < -0.3 is 20.6 Å². The number of amides is 2. The third kappa shape index (κ3) is 12.2. The summed E-state index contributed by atoms with van der Waals surface area (Å²) >= 11 is 0. The molecule has 3 N–H and O–H groups in total. The molecule has 2 atom stereocenters. The van der Waals surface area contributed by atoms with E-state index in [1.54, 1.807) is 0 Å². The molecule has 6 nitrogen and oxygen atoms in total. The van der Waals surface area contributed by atoms with Crippen LogP contribution in [0.3, 0.4) is 0 Å². The summed E-state index contributed by atoms with van der Waals surface area (Å²) in [7, 11) is 4.02. The molecule has 0 heterocycles. The van der Waals surface area contributed by atoms with Gasteiger partial charge in [0.25, 0.3) is 0 Å². The Kier molecular flexibility index (Phi) is 10.7. The third-order valence-electron chi connectivity index (χ3n) is 3.57. The van der Waals surface area contributed by atoms with Crippen molar-refractivity contribution in [1.82, 2.24) is 15.5 Å². The van der Waals surface area contributed by atoms with Gasteiger partial charge in [0.05, 0.1) is 0 Å². The standard InChI is InChI=1S/C15H31N3O3/c1-5-13(6-7-14(19)20)8-10-16-15(21)17-12(2)9-11-18(3)4/h12-13H,5-11H2,1-4H3,(H,19,20)(H2,16,17,21). The lowest BCUT2D eigenvalue weighted by Crippen LogP contribution is -2.42. The van der Waals surface area contributed by atoms with Crippen molar-refractivity contribution in [2.75, 3.05) is 27.2 Å². The zero-order valence-corrected chi connectivity index (χ0v) is 13.8. The van der Waals surface area contributed by atoms with Crippen LogP contribution in [0.4, 0.5) is 4.79 Å². The molecule has 0 bridgehead atoms. The van der Waals surface area contributed by atoms with Gasteiger partial charge in [-0.1, -0.05) is 13.3 Å². The number of carbonyl (C=O) groups excluding carboxylic acids is 1. The number of aliphatic carboxylic acids is 1. The highest BCUT2D eigenvalue weighted by Crippen LogP contribution is 2.14. The fourth-order valence-corrected chi connectivity index (χ4v) is 2.07. The van der Waals surface area contributed by atoms with Gasteiger partial charge in [-0.15, -0.1) is 0 Å². The van der Waals surface area contributed by atoms with Crippen molar-refractivity contribution < 1.29 is 14.7 Å². The molecule has 0 aromatic heterocycles. The second-order valence-corrected chi connectivity index (χ2v) is 5.89. The largest absolute Gasteiger partial charge is 0.481 e. The second-order valence-electron chi connectivity index (χ2n) is 5.89. The molecule has 2 amide bonds. The number of carbonyl (C=O) groups is 2. The summed E-state index contributed by atoms with van der Waals surface area (Å²) in [5, 5.41) is 14.4. The monoisotopic (exact) mass is 301 g/mol. The molecule has 0 saturated carbocycles. The Morgan fingerprint density at radius 2 is 1.86 bits per heavy atom. The van der Waals surface area contributed by atoms with Crippen LogP contribution in [0, 0.1) is 5.92 Å². The third-order valence-corrected chi connectivity index (χ3v) is 3.57. The number of nitrogens with zero attached hydrogens (tertiary/aromatic N) is 1. The molecule has 0 spiro atoms. The molecule has 0 saturated heterocycles. The summed E-state index contributed by atoms with van der Waals surface area (Å²) in [6.45, 7) is 5.57. The van der Waals surface area contributed by atoms with Crippen LogP contribution in [0.5, 0.6) is 0 Å². The lowest BCUT2D eigenvalue weighted by atomic mass is 9.97. The van der Waals surface area contributed by atoms with Gasteiger partial charge >= 0.3 is 12.0 Å². The normalized spacial score (nSPS) is 13.8. The smallest absolute Gasteiger partial charge is 0.314 e. The molecule has 0 fully saturated rings. The Balaban J connectivity index is 3.78. The van der Waals surface area contributed by atoms with E-state index in [1.165, 1.54) is 0 Å². The summed E-state index contributed by atoms with van der Waals surface area (Å²) in [6.07, 6.45) is 3.55. The number of hydrogen-bond donors (Lipinski definition) is 3. The molecule has 0 radical (unpaired) electrons. The van der Waals surface area contributed by atoms with E-state index < -0.39 is 5.97 Å². The minimum absolute atomic E-state index is 0.140. The van der Waals surface area contributed by atoms with Crippen LogP contribution in [0.15, 0.2) is 0 Å². The van der Waals surface area contributed by atoms with Crippen LogP contribution >= 0.6 is 0 Å². The molecule has 124 valence electrons. The number of hydrogen-bond acceptors (Lipinski definition) is 3. The van der Waals surface area contributed by atoms with Crippen LogP contribution < -0.4 is 10.6 Å². The molecule has 6 heteroatoms. The van der Waals surface area contributed by atoms with E-state index in [9.17, 15) is 9.59 Å². The van der Waals surface area contributed by atoms with Gasteiger partial charge in [-0.2, -0.15) is 0 Å². The Morgan fingerprint density at radius 3 is 2.38 bits per heavy atom. The molecule has 0 rings (SSSR count). The van der Waals surface area contributed by atoms with Gasteiger partial charge in [-0.3, -0.25) is 4.79 Å². The van der Waals surface area contributed by atoms with Gasteiger partial charge in [0.1, 0.15) is 0 Å². The first-order valence-electron chi connectivity index (χ1n) is 7.76. The highest BCUT2D eigenvalue weighted by molar-refractivity contribution is 5.74. The average molecular weight is 301 g/mol. The number of carboxylic acids is 1. The first-order chi connectivity index (χ1) is 9.85. The summed E-state index contributed by atoms with van der Waals surface area (Å²) in [5.41, 5.74) is 0. The van der Waals surface area contributed by atoms with Crippen LogP contribution in [-0.2, 0) is 4.79 Å². The Hall–Kier alpha value is -1.30. The maximum Gasteiger partial charge on any atom is 0.314 e. The highest BCUT2D eigenvalue weighted by Gasteiger charge is 2.11. The van der Waals surface area contributed by atoms with Gasteiger partial charge in [0, 0.05) is 19.0 Å². The molecule has 21 heavy (non-hydrogen) atoms. The summed E-state index contributed by atoms with van der Waals surface area (Å²) < 4.78 is 0. The quantitative estimate of drug-likeness (QED) is 0.544.